The van der Waals surface area contributed by atoms with Gasteiger partial charge in [-0.15, -0.1) is 0 Å². The molecule has 3 rings (SSSR count). The summed E-state index contributed by atoms with van der Waals surface area (Å²) in [7, 11) is 0. The van der Waals surface area contributed by atoms with Crippen molar-refractivity contribution in [2.24, 2.45) is 0 Å². The predicted molar refractivity (Wildman–Crippen MR) is 68.9 cm³/mol. The van der Waals surface area contributed by atoms with Crippen molar-refractivity contribution in [2.45, 2.75) is 50.4 Å². The third kappa shape index (κ3) is 2.17. The third-order valence-electron chi connectivity index (χ3n) is 4.27. The molecule has 18 heavy (non-hydrogen) atoms. The highest BCUT2D eigenvalue weighted by Gasteiger charge is 2.42. The number of rotatable bonds is 1. The second-order valence-electron chi connectivity index (χ2n) is 5.65. The van der Waals surface area contributed by atoms with Gasteiger partial charge in [0.2, 0.25) is 0 Å². The molecule has 1 heterocycles. The van der Waals surface area contributed by atoms with E-state index in [0.29, 0.717) is 0 Å². The smallest absolute Gasteiger partial charge is 0.123 e. The highest BCUT2D eigenvalue weighted by atomic mass is 19.1. The van der Waals surface area contributed by atoms with Crippen LogP contribution in [0.5, 0.6) is 0 Å². The Morgan fingerprint density at radius 3 is 2.83 bits per heavy atom. The van der Waals surface area contributed by atoms with Gasteiger partial charge < -0.3 is 10.1 Å². The Balaban J connectivity index is 1.85. The maximum absolute atomic E-state index is 13.3. The Hall–Kier alpha value is -0.930. The first-order chi connectivity index (χ1) is 8.69. The van der Waals surface area contributed by atoms with Crippen LogP contribution in [0, 0.1) is 5.82 Å². The zero-order chi connectivity index (χ0) is 12.6. The Bertz CT molecular complexity index is 428. The SMILES string of the molecule is CC1NCC2(CCCC2)OC1c1cccc(F)c1. The van der Waals surface area contributed by atoms with Crippen molar-refractivity contribution in [3.8, 4) is 0 Å². The standard InChI is InChI=1S/C15H20FNO/c1-11-14(12-5-4-6-13(16)9-12)18-15(10-17-11)7-2-3-8-15/h4-6,9,11,14,17H,2-3,7-8,10H2,1H3. The van der Waals surface area contributed by atoms with Crippen molar-refractivity contribution in [3.05, 3.63) is 35.6 Å². The molecule has 2 atom stereocenters. The molecule has 1 saturated carbocycles. The minimum absolute atomic E-state index is 0.0104. The molecule has 98 valence electrons. The van der Waals surface area contributed by atoms with Crippen LogP contribution in [0.4, 0.5) is 4.39 Å². The molecule has 1 aliphatic heterocycles. The lowest BCUT2D eigenvalue weighted by Crippen LogP contribution is -2.53. The second-order valence-corrected chi connectivity index (χ2v) is 5.65. The van der Waals surface area contributed by atoms with E-state index in [1.54, 1.807) is 12.1 Å². The van der Waals surface area contributed by atoms with Gasteiger partial charge in [-0.05, 0) is 37.5 Å². The van der Waals surface area contributed by atoms with E-state index in [0.717, 1.165) is 24.9 Å². The summed E-state index contributed by atoms with van der Waals surface area (Å²) < 4.78 is 19.7. The van der Waals surface area contributed by atoms with Gasteiger partial charge in [0.05, 0.1) is 11.7 Å². The van der Waals surface area contributed by atoms with E-state index in [4.69, 9.17) is 4.74 Å². The summed E-state index contributed by atoms with van der Waals surface area (Å²) in [6.45, 7) is 3.04. The largest absolute Gasteiger partial charge is 0.364 e. The van der Waals surface area contributed by atoms with Gasteiger partial charge in [-0.1, -0.05) is 25.0 Å². The van der Waals surface area contributed by atoms with Crippen LogP contribution < -0.4 is 5.32 Å². The van der Waals surface area contributed by atoms with E-state index in [9.17, 15) is 4.39 Å². The number of ether oxygens (including phenoxy) is 1. The van der Waals surface area contributed by atoms with Crippen molar-refractivity contribution >= 4 is 0 Å². The fourth-order valence-electron chi connectivity index (χ4n) is 3.22. The molecule has 2 aliphatic rings. The van der Waals surface area contributed by atoms with Crippen LogP contribution in [0.15, 0.2) is 24.3 Å². The van der Waals surface area contributed by atoms with Crippen LogP contribution in [-0.2, 0) is 4.74 Å². The summed E-state index contributed by atoms with van der Waals surface area (Å²) in [5.74, 6) is -0.186. The molecule has 2 nitrogen and oxygen atoms in total. The van der Waals surface area contributed by atoms with E-state index < -0.39 is 0 Å². The van der Waals surface area contributed by atoms with Gasteiger partial charge in [0.1, 0.15) is 5.82 Å². The number of hydrogen-bond acceptors (Lipinski definition) is 2. The lowest BCUT2D eigenvalue weighted by molar-refractivity contribution is -0.131. The van der Waals surface area contributed by atoms with Crippen molar-refractivity contribution in [2.75, 3.05) is 6.54 Å². The lowest BCUT2D eigenvalue weighted by Gasteiger charge is -2.43. The summed E-state index contributed by atoms with van der Waals surface area (Å²) in [5, 5.41) is 3.54. The maximum atomic E-state index is 13.3. The number of halogens is 1. The van der Waals surface area contributed by atoms with E-state index in [-0.39, 0.29) is 23.6 Å². The predicted octanol–water partition coefficient (Wildman–Crippen LogP) is 3.19. The van der Waals surface area contributed by atoms with E-state index in [2.05, 4.69) is 12.2 Å². The molecule has 0 amide bonds. The van der Waals surface area contributed by atoms with E-state index in [1.807, 2.05) is 6.07 Å². The average Bonchev–Trinajstić information content (AvgIpc) is 2.81. The van der Waals surface area contributed by atoms with Crippen molar-refractivity contribution < 1.29 is 9.13 Å². The fraction of sp³-hybridized carbons (Fsp3) is 0.600. The van der Waals surface area contributed by atoms with Crippen molar-refractivity contribution in [1.29, 1.82) is 0 Å². The zero-order valence-corrected chi connectivity index (χ0v) is 10.8. The van der Waals surface area contributed by atoms with Crippen molar-refractivity contribution in [3.63, 3.8) is 0 Å². The normalized spacial score (nSPS) is 30.8. The summed E-state index contributed by atoms with van der Waals surface area (Å²) in [4.78, 5) is 0. The number of hydrogen-bond donors (Lipinski definition) is 1. The van der Waals surface area contributed by atoms with E-state index >= 15 is 0 Å². The Labute approximate surface area is 108 Å². The molecule has 0 radical (unpaired) electrons. The quantitative estimate of drug-likeness (QED) is 0.825. The molecule has 1 aromatic carbocycles. The second kappa shape index (κ2) is 4.63. The first-order valence-corrected chi connectivity index (χ1v) is 6.85. The van der Waals surface area contributed by atoms with Crippen LogP contribution in [0.3, 0.4) is 0 Å². The van der Waals surface area contributed by atoms with Crippen LogP contribution >= 0.6 is 0 Å². The van der Waals surface area contributed by atoms with Crippen LogP contribution in [0.2, 0.25) is 0 Å². The number of morpholine rings is 1. The molecular formula is C15H20FNO. The highest BCUT2D eigenvalue weighted by Crippen LogP contribution is 2.40. The average molecular weight is 249 g/mol. The summed E-state index contributed by atoms with van der Waals surface area (Å²) in [6.07, 6.45) is 4.70. The summed E-state index contributed by atoms with van der Waals surface area (Å²) in [6, 6.07) is 7.03. The molecule has 0 aromatic heterocycles. The third-order valence-corrected chi connectivity index (χ3v) is 4.27. The molecule has 2 fully saturated rings. The van der Waals surface area contributed by atoms with Crippen LogP contribution in [-0.4, -0.2) is 18.2 Å². The highest BCUT2D eigenvalue weighted by molar-refractivity contribution is 5.21. The first kappa shape index (κ1) is 12.1. The fourth-order valence-corrected chi connectivity index (χ4v) is 3.22. The molecule has 1 aliphatic carbocycles. The minimum atomic E-state index is -0.186. The molecule has 3 heteroatoms. The zero-order valence-electron chi connectivity index (χ0n) is 10.8. The van der Waals surface area contributed by atoms with Gasteiger partial charge in [-0.2, -0.15) is 0 Å². The Morgan fingerprint density at radius 1 is 1.33 bits per heavy atom. The van der Waals surface area contributed by atoms with Crippen LogP contribution in [0.25, 0.3) is 0 Å². The van der Waals surface area contributed by atoms with Gasteiger partial charge in [0.25, 0.3) is 0 Å². The van der Waals surface area contributed by atoms with Gasteiger partial charge in [0.15, 0.2) is 0 Å². The maximum Gasteiger partial charge on any atom is 0.123 e. The Morgan fingerprint density at radius 2 is 2.11 bits per heavy atom. The number of benzene rings is 1. The monoisotopic (exact) mass is 249 g/mol. The topological polar surface area (TPSA) is 21.3 Å². The minimum Gasteiger partial charge on any atom is -0.364 e. The molecule has 0 bridgehead atoms. The van der Waals surface area contributed by atoms with Crippen LogP contribution in [0.1, 0.15) is 44.3 Å². The van der Waals surface area contributed by atoms with Gasteiger partial charge in [-0.3, -0.25) is 0 Å². The van der Waals surface area contributed by atoms with Gasteiger partial charge in [-0.25, -0.2) is 4.39 Å². The lowest BCUT2D eigenvalue weighted by atomic mass is 9.94. The molecular weight excluding hydrogens is 229 g/mol. The molecule has 1 saturated heterocycles. The first-order valence-electron chi connectivity index (χ1n) is 6.85. The van der Waals surface area contributed by atoms with Gasteiger partial charge >= 0.3 is 0 Å². The summed E-state index contributed by atoms with van der Waals surface area (Å²) >= 11 is 0. The molecule has 1 aromatic rings. The number of nitrogens with one attached hydrogen (secondary N) is 1. The van der Waals surface area contributed by atoms with Gasteiger partial charge in [0, 0.05) is 12.6 Å². The van der Waals surface area contributed by atoms with Crippen molar-refractivity contribution in [1.82, 2.24) is 5.32 Å². The summed E-state index contributed by atoms with van der Waals surface area (Å²) in [5.41, 5.74) is 0.935. The molecule has 1 N–H and O–H groups in total. The molecule has 1 spiro atoms. The Kier molecular flexibility index (Phi) is 3.12. The van der Waals surface area contributed by atoms with E-state index in [1.165, 1.54) is 18.9 Å². The molecule has 2 unspecified atom stereocenters.